The van der Waals surface area contributed by atoms with Gasteiger partial charge in [-0.3, -0.25) is 4.79 Å². The lowest BCUT2D eigenvalue weighted by molar-refractivity contribution is -0.140. The van der Waals surface area contributed by atoms with Crippen LogP contribution < -0.4 is 5.32 Å². The average Bonchev–Trinajstić information content (AvgIpc) is 2.65. The van der Waals surface area contributed by atoms with Gasteiger partial charge in [0.1, 0.15) is 6.04 Å². The summed E-state index contributed by atoms with van der Waals surface area (Å²) in [4.78, 5) is 15.4. The van der Waals surface area contributed by atoms with Crippen molar-refractivity contribution in [3.63, 3.8) is 0 Å². The Morgan fingerprint density at radius 3 is 2.07 bits per heavy atom. The van der Waals surface area contributed by atoms with Crippen molar-refractivity contribution in [2.24, 2.45) is 10.9 Å². The molecule has 0 fully saturated rings. The average molecular weight is 399 g/mol. The minimum atomic E-state index is -0.754. The number of rotatable bonds is 19. The van der Waals surface area contributed by atoms with Crippen molar-refractivity contribution < 1.29 is 9.90 Å². The third-order valence-corrected chi connectivity index (χ3v) is 5.59. The molecule has 2 N–H and O–H groups in total. The number of nitrogens with zero attached hydrogens (tertiary/aromatic N) is 1. The van der Waals surface area contributed by atoms with E-state index < -0.39 is 12.0 Å². The van der Waals surface area contributed by atoms with E-state index in [-0.39, 0.29) is 6.04 Å². The van der Waals surface area contributed by atoms with Crippen molar-refractivity contribution in [3.8, 4) is 0 Å². The molecule has 3 unspecified atom stereocenters. The Bertz CT molecular complexity index is 411. The molecule has 0 rings (SSSR count). The van der Waals surface area contributed by atoms with E-state index in [1.54, 1.807) is 0 Å². The van der Waals surface area contributed by atoms with Gasteiger partial charge >= 0.3 is 5.97 Å². The maximum atomic E-state index is 11.5. The van der Waals surface area contributed by atoms with Gasteiger partial charge in [-0.2, -0.15) is 0 Å². The van der Waals surface area contributed by atoms with Gasteiger partial charge in [0.25, 0.3) is 0 Å². The fourth-order valence-corrected chi connectivity index (χ4v) is 3.46. The summed E-state index contributed by atoms with van der Waals surface area (Å²) in [5.41, 5.74) is 0. The molecule has 0 radical (unpaired) electrons. The van der Waals surface area contributed by atoms with Crippen LogP contribution >= 0.6 is 12.2 Å². The quantitative estimate of drug-likeness (QED) is 0.153. The maximum absolute atomic E-state index is 11.5. The van der Waals surface area contributed by atoms with Gasteiger partial charge in [0.15, 0.2) is 0 Å². The summed E-state index contributed by atoms with van der Waals surface area (Å²) in [5, 5.41) is 15.1. The van der Waals surface area contributed by atoms with Crippen LogP contribution in [0.5, 0.6) is 0 Å². The van der Waals surface area contributed by atoms with Gasteiger partial charge in [-0.1, -0.05) is 71.6 Å². The highest BCUT2D eigenvalue weighted by atomic mass is 32.1. The molecule has 0 aliphatic heterocycles. The zero-order valence-corrected chi connectivity index (χ0v) is 18.7. The first-order chi connectivity index (χ1) is 13.0. The number of isothiocyanates is 1. The molecule has 0 aliphatic carbocycles. The standard InChI is InChI=1S/C22H42N2O2S/c1-4-5-6-7-8-9-10-11-12-15-19(2)20(3)24-21(22(25)26)16-13-14-17-23-18-27/h19-21,24H,4-17H2,1-3H3,(H,25,26). The molecule has 4 nitrogen and oxygen atoms in total. The summed E-state index contributed by atoms with van der Waals surface area (Å²) in [6, 6.07) is -0.249. The largest absolute Gasteiger partial charge is 0.480 e. The highest BCUT2D eigenvalue weighted by Crippen LogP contribution is 2.17. The van der Waals surface area contributed by atoms with Crippen molar-refractivity contribution in [3.05, 3.63) is 0 Å². The van der Waals surface area contributed by atoms with Gasteiger partial charge in [-0.05, 0) is 50.7 Å². The third-order valence-electron chi connectivity index (χ3n) is 5.46. The fraction of sp³-hybridized carbons (Fsp3) is 0.909. The number of thiocarbonyl (C=S) groups is 1. The summed E-state index contributed by atoms with van der Waals surface area (Å²) in [5.74, 6) is -0.258. The fourth-order valence-electron chi connectivity index (χ4n) is 3.37. The van der Waals surface area contributed by atoms with Crippen LogP contribution in [0.2, 0.25) is 0 Å². The van der Waals surface area contributed by atoms with E-state index in [0.717, 1.165) is 12.8 Å². The highest BCUT2D eigenvalue weighted by Gasteiger charge is 2.21. The molecule has 3 atom stereocenters. The van der Waals surface area contributed by atoms with Crippen LogP contribution in [0.3, 0.4) is 0 Å². The number of unbranched alkanes of at least 4 members (excludes halogenated alkanes) is 9. The molecule has 27 heavy (non-hydrogen) atoms. The van der Waals surface area contributed by atoms with Crippen LogP contribution in [-0.4, -0.2) is 34.9 Å². The first-order valence-electron chi connectivity index (χ1n) is 11.0. The number of aliphatic imine (C=N–C) groups is 1. The lowest BCUT2D eigenvalue weighted by atomic mass is 9.94. The smallest absolute Gasteiger partial charge is 0.320 e. The molecule has 0 aromatic heterocycles. The first-order valence-corrected chi connectivity index (χ1v) is 11.5. The molecule has 0 bridgehead atoms. The normalized spacial score (nSPS) is 14.3. The number of carbonyl (C=O) groups is 1. The van der Waals surface area contributed by atoms with E-state index in [4.69, 9.17) is 0 Å². The minimum absolute atomic E-state index is 0.221. The van der Waals surface area contributed by atoms with Crippen LogP contribution in [0, 0.1) is 5.92 Å². The predicted octanol–water partition coefficient (Wildman–Crippen LogP) is 6.25. The van der Waals surface area contributed by atoms with Gasteiger partial charge < -0.3 is 10.4 Å². The van der Waals surface area contributed by atoms with Gasteiger partial charge in [-0.15, -0.1) is 0 Å². The Morgan fingerprint density at radius 1 is 0.963 bits per heavy atom. The molecule has 158 valence electrons. The number of carboxylic acids is 1. The van der Waals surface area contributed by atoms with Crippen molar-refractivity contribution in [1.29, 1.82) is 0 Å². The Kier molecular flexibility index (Phi) is 18.1. The molecule has 0 aromatic rings. The second kappa shape index (κ2) is 18.6. The number of nitrogens with one attached hydrogen (secondary N) is 1. The second-order valence-corrected chi connectivity index (χ2v) is 8.09. The van der Waals surface area contributed by atoms with Crippen LogP contribution in [0.4, 0.5) is 0 Å². The number of hydrogen-bond donors (Lipinski definition) is 2. The van der Waals surface area contributed by atoms with Crippen molar-refractivity contribution in [1.82, 2.24) is 5.32 Å². The van der Waals surface area contributed by atoms with Gasteiger partial charge in [-0.25, -0.2) is 4.99 Å². The van der Waals surface area contributed by atoms with Crippen molar-refractivity contribution >= 4 is 23.3 Å². The highest BCUT2D eigenvalue weighted by molar-refractivity contribution is 7.78. The van der Waals surface area contributed by atoms with E-state index >= 15 is 0 Å². The SMILES string of the molecule is CCCCCCCCCCCC(C)C(C)NC(CCCCN=C=S)C(=O)O. The lowest BCUT2D eigenvalue weighted by Crippen LogP contribution is -2.44. The second-order valence-electron chi connectivity index (χ2n) is 7.91. The van der Waals surface area contributed by atoms with E-state index in [1.165, 1.54) is 64.2 Å². The summed E-state index contributed by atoms with van der Waals surface area (Å²) >= 11 is 4.54. The summed E-state index contributed by atoms with van der Waals surface area (Å²) in [6.07, 6.45) is 15.6. The van der Waals surface area contributed by atoms with E-state index in [2.05, 4.69) is 48.5 Å². The van der Waals surface area contributed by atoms with Gasteiger partial charge in [0, 0.05) is 12.6 Å². The molecule has 0 saturated carbocycles. The van der Waals surface area contributed by atoms with E-state index in [1.807, 2.05) is 0 Å². The Balaban J connectivity index is 3.86. The molecule has 5 heteroatoms. The first kappa shape index (κ1) is 26.2. The Hall–Kier alpha value is -0.770. The number of carboxylic acid groups (broad SMARTS) is 1. The van der Waals surface area contributed by atoms with E-state index in [0.29, 0.717) is 18.9 Å². The summed E-state index contributed by atoms with van der Waals surface area (Å²) in [7, 11) is 0. The predicted molar refractivity (Wildman–Crippen MR) is 119 cm³/mol. The van der Waals surface area contributed by atoms with Crippen LogP contribution in [0.15, 0.2) is 4.99 Å². The molecule has 0 amide bonds. The summed E-state index contributed by atoms with van der Waals surface area (Å²) < 4.78 is 0. The van der Waals surface area contributed by atoms with Gasteiger partial charge in [0.2, 0.25) is 0 Å². The third kappa shape index (κ3) is 15.9. The Morgan fingerprint density at radius 2 is 1.52 bits per heavy atom. The summed E-state index contributed by atoms with van der Waals surface area (Å²) in [6.45, 7) is 7.24. The van der Waals surface area contributed by atoms with Crippen LogP contribution in [-0.2, 0) is 4.79 Å². The molecule has 0 aromatic carbocycles. The lowest BCUT2D eigenvalue weighted by Gasteiger charge is -2.25. The molecular formula is C22H42N2O2S. The monoisotopic (exact) mass is 398 g/mol. The number of hydrogen-bond acceptors (Lipinski definition) is 4. The Labute approximate surface area is 172 Å². The molecule has 0 saturated heterocycles. The van der Waals surface area contributed by atoms with Crippen LogP contribution in [0.1, 0.15) is 104 Å². The zero-order chi connectivity index (χ0) is 20.3. The zero-order valence-electron chi connectivity index (χ0n) is 17.8. The minimum Gasteiger partial charge on any atom is -0.480 e. The number of aliphatic carboxylic acids is 1. The molecule has 0 heterocycles. The maximum Gasteiger partial charge on any atom is 0.320 e. The molecule has 0 spiro atoms. The van der Waals surface area contributed by atoms with Crippen molar-refractivity contribution in [2.75, 3.05) is 6.54 Å². The van der Waals surface area contributed by atoms with Crippen LogP contribution in [0.25, 0.3) is 0 Å². The van der Waals surface area contributed by atoms with Gasteiger partial charge in [0.05, 0.1) is 5.16 Å². The van der Waals surface area contributed by atoms with E-state index in [9.17, 15) is 9.90 Å². The topological polar surface area (TPSA) is 61.7 Å². The van der Waals surface area contributed by atoms with Crippen molar-refractivity contribution in [2.45, 2.75) is 116 Å². The molecule has 0 aliphatic rings. The molecular weight excluding hydrogens is 356 g/mol.